The summed E-state index contributed by atoms with van der Waals surface area (Å²) in [6.07, 6.45) is 5.48. The Balaban J connectivity index is 1.44. The Morgan fingerprint density at radius 2 is 1.86 bits per heavy atom. The zero-order valence-corrected chi connectivity index (χ0v) is 13.8. The predicted octanol–water partition coefficient (Wildman–Crippen LogP) is 3.98. The summed E-state index contributed by atoms with van der Waals surface area (Å²) in [5.74, 6) is 2.43. The minimum atomic E-state index is 0.271. The van der Waals surface area contributed by atoms with Gasteiger partial charge in [-0.1, -0.05) is 26.0 Å². The second-order valence-corrected chi connectivity index (χ2v) is 7.04. The van der Waals surface area contributed by atoms with Gasteiger partial charge in [0.15, 0.2) is 0 Å². The Kier molecular flexibility index (Phi) is 4.70. The van der Waals surface area contributed by atoms with E-state index >= 15 is 0 Å². The fourth-order valence-corrected chi connectivity index (χ4v) is 2.77. The van der Waals surface area contributed by atoms with E-state index in [1.165, 1.54) is 31.2 Å². The van der Waals surface area contributed by atoms with Gasteiger partial charge in [-0.2, -0.15) is 0 Å². The number of rotatable bonds is 8. The molecule has 0 aliphatic heterocycles. The van der Waals surface area contributed by atoms with Gasteiger partial charge in [-0.05, 0) is 55.2 Å². The number of carbonyl (C=O) groups excluding carboxylic acids is 1. The van der Waals surface area contributed by atoms with E-state index in [0.29, 0.717) is 25.0 Å². The molecule has 0 unspecified atom stereocenters. The minimum absolute atomic E-state index is 0.271. The average Bonchev–Trinajstić information content (AvgIpc) is 3.38. The fourth-order valence-electron chi connectivity index (χ4n) is 2.77. The Morgan fingerprint density at radius 3 is 2.41 bits per heavy atom. The van der Waals surface area contributed by atoms with Gasteiger partial charge in [0.2, 0.25) is 5.91 Å². The average molecular weight is 301 g/mol. The molecule has 2 saturated carbocycles. The third kappa shape index (κ3) is 4.25. The van der Waals surface area contributed by atoms with Crippen molar-refractivity contribution in [3.8, 4) is 5.75 Å². The lowest BCUT2D eigenvalue weighted by molar-refractivity contribution is -0.132. The summed E-state index contributed by atoms with van der Waals surface area (Å²) in [5.41, 5.74) is 1.31. The first-order valence-electron chi connectivity index (χ1n) is 8.65. The molecule has 0 saturated heterocycles. The fraction of sp³-hybridized carbons (Fsp3) is 0.632. The predicted molar refractivity (Wildman–Crippen MR) is 88.1 cm³/mol. The molecule has 2 aliphatic carbocycles. The van der Waals surface area contributed by atoms with Crippen molar-refractivity contribution in [2.45, 2.75) is 57.9 Å². The molecule has 2 fully saturated rings. The highest BCUT2D eigenvalue weighted by atomic mass is 16.5. The first-order chi connectivity index (χ1) is 10.6. The molecule has 22 heavy (non-hydrogen) atoms. The largest absolute Gasteiger partial charge is 0.493 e. The maximum absolute atomic E-state index is 12.4. The number of hydrogen-bond acceptors (Lipinski definition) is 2. The first-order valence-corrected chi connectivity index (χ1v) is 8.65. The van der Waals surface area contributed by atoms with Crippen LogP contribution in [0, 0.1) is 5.92 Å². The van der Waals surface area contributed by atoms with Crippen LogP contribution in [-0.2, 0) is 4.79 Å². The van der Waals surface area contributed by atoms with Crippen molar-refractivity contribution in [3.63, 3.8) is 0 Å². The number of benzene rings is 1. The molecule has 0 spiro atoms. The van der Waals surface area contributed by atoms with E-state index in [9.17, 15) is 4.79 Å². The number of amides is 1. The van der Waals surface area contributed by atoms with Crippen LogP contribution < -0.4 is 4.74 Å². The molecule has 1 aromatic carbocycles. The smallest absolute Gasteiger partial charge is 0.226 e. The molecule has 0 radical (unpaired) electrons. The van der Waals surface area contributed by atoms with Crippen LogP contribution >= 0.6 is 0 Å². The van der Waals surface area contributed by atoms with Crippen LogP contribution in [0.15, 0.2) is 24.3 Å². The van der Waals surface area contributed by atoms with E-state index in [4.69, 9.17) is 4.74 Å². The maximum atomic E-state index is 12.4. The number of carbonyl (C=O) groups is 1. The third-order valence-electron chi connectivity index (χ3n) is 4.59. The third-order valence-corrected chi connectivity index (χ3v) is 4.59. The minimum Gasteiger partial charge on any atom is -0.493 e. The van der Waals surface area contributed by atoms with Crippen molar-refractivity contribution in [1.29, 1.82) is 0 Å². The molecule has 3 heteroatoms. The molecule has 1 aromatic rings. The van der Waals surface area contributed by atoms with Crippen LogP contribution in [-0.4, -0.2) is 30.0 Å². The van der Waals surface area contributed by atoms with Crippen molar-refractivity contribution < 1.29 is 9.53 Å². The van der Waals surface area contributed by atoms with Gasteiger partial charge < -0.3 is 9.64 Å². The Hall–Kier alpha value is -1.51. The molecule has 3 rings (SSSR count). The van der Waals surface area contributed by atoms with Gasteiger partial charge in [-0.25, -0.2) is 0 Å². The summed E-state index contributed by atoms with van der Waals surface area (Å²) in [6, 6.07) is 8.74. The molecule has 3 nitrogen and oxygen atoms in total. The first kappa shape index (κ1) is 15.4. The van der Waals surface area contributed by atoms with E-state index in [2.05, 4.69) is 30.9 Å². The second-order valence-electron chi connectivity index (χ2n) is 7.04. The van der Waals surface area contributed by atoms with Crippen LogP contribution in [0.5, 0.6) is 5.75 Å². The Labute approximate surface area is 133 Å². The lowest BCUT2D eigenvalue weighted by Gasteiger charge is -2.22. The molecular formula is C19H27NO2. The molecule has 120 valence electrons. The van der Waals surface area contributed by atoms with Gasteiger partial charge in [0.25, 0.3) is 0 Å². The van der Waals surface area contributed by atoms with Crippen molar-refractivity contribution in [1.82, 2.24) is 4.90 Å². The summed E-state index contributed by atoms with van der Waals surface area (Å²) in [4.78, 5) is 14.5. The van der Waals surface area contributed by atoms with Gasteiger partial charge in [0.05, 0.1) is 13.0 Å². The second kappa shape index (κ2) is 6.72. The van der Waals surface area contributed by atoms with E-state index < -0.39 is 0 Å². The van der Waals surface area contributed by atoms with Crippen LogP contribution in [0.25, 0.3) is 0 Å². The van der Waals surface area contributed by atoms with Gasteiger partial charge in [0, 0.05) is 12.6 Å². The lowest BCUT2D eigenvalue weighted by atomic mass is 10.0. The summed E-state index contributed by atoms with van der Waals surface area (Å²) < 4.78 is 5.73. The molecule has 0 N–H and O–H groups in total. The van der Waals surface area contributed by atoms with Crippen molar-refractivity contribution in [2.75, 3.05) is 13.2 Å². The van der Waals surface area contributed by atoms with Gasteiger partial charge >= 0.3 is 0 Å². The Bertz CT molecular complexity index is 501. The molecule has 0 heterocycles. The van der Waals surface area contributed by atoms with E-state index in [1.54, 1.807) is 0 Å². The highest BCUT2D eigenvalue weighted by Crippen LogP contribution is 2.35. The highest BCUT2D eigenvalue weighted by Gasteiger charge is 2.36. The number of ether oxygens (including phenoxy) is 1. The zero-order chi connectivity index (χ0) is 15.5. The van der Waals surface area contributed by atoms with Crippen LogP contribution in [0.3, 0.4) is 0 Å². The summed E-state index contributed by atoms with van der Waals surface area (Å²) >= 11 is 0. The summed E-state index contributed by atoms with van der Waals surface area (Å²) in [7, 11) is 0. The van der Waals surface area contributed by atoms with Crippen LogP contribution in [0.2, 0.25) is 0 Å². The summed E-state index contributed by atoms with van der Waals surface area (Å²) in [5, 5.41) is 0. The van der Waals surface area contributed by atoms with Gasteiger partial charge in [0.1, 0.15) is 5.75 Å². The maximum Gasteiger partial charge on any atom is 0.226 e. The van der Waals surface area contributed by atoms with E-state index in [-0.39, 0.29) is 5.91 Å². The van der Waals surface area contributed by atoms with Crippen molar-refractivity contribution in [2.24, 2.45) is 5.92 Å². The van der Waals surface area contributed by atoms with Crippen LogP contribution in [0.1, 0.15) is 57.4 Å². The zero-order valence-electron chi connectivity index (χ0n) is 13.8. The van der Waals surface area contributed by atoms with E-state index in [1.807, 2.05) is 12.1 Å². The molecule has 0 bridgehead atoms. The van der Waals surface area contributed by atoms with Crippen molar-refractivity contribution >= 4 is 5.91 Å². The molecule has 0 atom stereocenters. The molecule has 2 aliphatic rings. The standard InChI is InChI=1S/C19H27NO2/c1-14(2)16-5-9-18(10-6-16)22-12-11-19(21)20(17-7-8-17)13-15-3-4-15/h5-6,9-10,14-15,17H,3-4,7-8,11-13H2,1-2H3. The molecule has 1 amide bonds. The summed E-state index contributed by atoms with van der Waals surface area (Å²) in [6.45, 7) is 5.82. The normalized spacial score (nSPS) is 17.6. The quantitative estimate of drug-likeness (QED) is 0.727. The van der Waals surface area contributed by atoms with Gasteiger partial charge in [-0.15, -0.1) is 0 Å². The topological polar surface area (TPSA) is 29.5 Å². The van der Waals surface area contributed by atoms with Crippen molar-refractivity contribution in [3.05, 3.63) is 29.8 Å². The number of nitrogens with zero attached hydrogens (tertiary/aromatic N) is 1. The van der Waals surface area contributed by atoms with Gasteiger partial charge in [-0.3, -0.25) is 4.79 Å². The SMILES string of the molecule is CC(C)c1ccc(OCCC(=O)N(CC2CC2)C2CC2)cc1. The highest BCUT2D eigenvalue weighted by molar-refractivity contribution is 5.77. The van der Waals surface area contributed by atoms with Crippen LogP contribution in [0.4, 0.5) is 0 Å². The van der Waals surface area contributed by atoms with E-state index in [0.717, 1.165) is 18.2 Å². The monoisotopic (exact) mass is 301 g/mol. The molecule has 0 aromatic heterocycles. The Morgan fingerprint density at radius 1 is 1.18 bits per heavy atom. The molecular weight excluding hydrogens is 274 g/mol. The lowest BCUT2D eigenvalue weighted by Crippen LogP contribution is -2.35. The number of hydrogen-bond donors (Lipinski definition) is 0.